The van der Waals surface area contributed by atoms with Gasteiger partial charge in [0.1, 0.15) is 6.61 Å². The van der Waals surface area contributed by atoms with Gasteiger partial charge in [0.15, 0.2) is 11.5 Å². The second-order valence-electron chi connectivity index (χ2n) is 6.64. The number of halogens is 1. The highest BCUT2D eigenvalue weighted by atomic mass is 79.9. The highest BCUT2D eigenvalue weighted by Gasteiger charge is 2.11. The third kappa shape index (κ3) is 6.31. The van der Waals surface area contributed by atoms with Gasteiger partial charge in [0, 0.05) is 11.0 Å². The maximum atomic E-state index is 6.02. The number of benzene rings is 2. The van der Waals surface area contributed by atoms with E-state index in [2.05, 4.69) is 59.3 Å². The summed E-state index contributed by atoms with van der Waals surface area (Å²) in [6, 6.07) is 12.3. The summed E-state index contributed by atoms with van der Waals surface area (Å²) in [5.41, 5.74) is 3.57. The molecule has 142 valence electrons. The van der Waals surface area contributed by atoms with E-state index in [1.54, 1.807) is 7.11 Å². The van der Waals surface area contributed by atoms with Crippen LogP contribution in [0, 0.1) is 6.92 Å². The highest BCUT2D eigenvalue weighted by Crippen LogP contribution is 2.34. The molecule has 0 saturated heterocycles. The first-order valence-corrected chi connectivity index (χ1v) is 9.69. The van der Waals surface area contributed by atoms with Crippen molar-refractivity contribution in [2.75, 3.05) is 34.3 Å². The molecule has 0 aliphatic rings. The van der Waals surface area contributed by atoms with Crippen LogP contribution in [0.5, 0.6) is 11.5 Å². The van der Waals surface area contributed by atoms with E-state index in [0.717, 1.165) is 47.6 Å². The van der Waals surface area contributed by atoms with Crippen molar-refractivity contribution in [2.45, 2.75) is 26.5 Å². The van der Waals surface area contributed by atoms with Gasteiger partial charge in [-0.15, -0.1) is 0 Å². The van der Waals surface area contributed by atoms with Crippen LogP contribution >= 0.6 is 15.9 Å². The first-order chi connectivity index (χ1) is 12.5. The topological polar surface area (TPSA) is 33.7 Å². The summed E-state index contributed by atoms with van der Waals surface area (Å²) in [6.07, 6.45) is 1.12. The molecule has 0 radical (unpaired) electrons. The SMILES string of the molecule is COc1cc(CNCCCN(C)C)c(Br)cc1OCc1ccccc1C. The second kappa shape index (κ2) is 10.6. The van der Waals surface area contributed by atoms with Crippen LogP contribution in [-0.2, 0) is 13.2 Å². The zero-order chi connectivity index (χ0) is 18.9. The fraction of sp³-hybridized carbons (Fsp3) is 0.429. The van der Waals surface area contributed by atoms with E-state index in [1.165, 1.54) is 11.1 Å². The molecule has 0 aliphatic heterocycles. The minimum absolute atomic E-state index is 0.525. The molecular weight excluding hydrogens is 392 g/mol. The maximum absolute atomic E-state index is 6.02. The standard InChI is InChI=1S/C21H29BrN2O2/c1-16-8-5-6-9-17(16)15-26-21-13-19(22)18(12-20(21)25-4)14-23-10-7-11-24(2)3/h5-6,8-9,12-13,23H,7,10-11,14-15H2,1-4H3. The van der Waals surface area contributed by atoms with Crippen LogP contribution < -0.4 is 14.8 Å². The molecule has 0 fully saturated rings. The predicted octanol–water partition coefficient (Wildman–Crippen LogP) is 4.39. The van der Waals surface area contributed by atoms with Crippen molar-refractivity contribution in [3.8, 4) is 11.5 Å². The molecule has 2 aromatic carbocycles. The molecule has 0 unspecified atom stereocenters. The van der Waals surface area contributed by atoms with Gasteiger partial charge < -0.3 is 19.7 Å². The minimum atomic E-state index is 0.525. The highest BCUT2D eigenvalue weighted by molar-refractivity contribution is 9.10. The van der Waals surface area contributed by atoms with E-state index in [0.29, 0.717) is 6.61 Å². The van der Waals surface area contributed by atoms with Gasteiger partial charge in [-0.1, -0.05) is 40.2 Å². The fourth-order valence-corrected chi connectivity index (χ4v) is 3.12. The molecule has 0 saturated carbocycles. The molecule has 0 amide bonds. The lowest BCUT2D eigenvalue weighted by molar-refractivity contribution is 0.283. The number of methoxy groups -OCH3 is 1. The third-order valence-corrected chi connectivity index (χ3v) is 4.99. The Hall–Kier alpha value is -1.56. The smallest absolute Gasteiger partial charge is 0.162 e. The maximum Gasteiger partial charge on any atom is 0.162 e. The number of aryl methyl sites for hydroxylation is 1. The van der Waals surface area contributed by atoms with E-state index in [9.17, 15) is 0 Å². The molecule has 2 aromatic rings. The number of nitrogens with one attached hydrogen (secondary N) is 1. The molecule has 0 aliphatic carbocycles. The lowest BCUT2D eigenvalue weighted by Gasteiger charge is -2.15. The van der Waals surface area contributed by atoms with E-state index < -0.39 is 0 Å². The summed E-state index contributed by atoms with van der Waals surface area (Å²) in [4.78, 5) is 2.20. The van der Waals surface area contributed by atoms with E-state index in [4.69, 9.17) is 9.47 Å². The van der Waals surface area contributed by atoms with Gasteiger partial charge in [-0.2, -0.15) is 0 Å². The number of nitrogens with zero attached hydrogens (tertiary/aromatic N) is 1. The van der Waals surface area contributed by atoms with Crippen LogP contribution in [-0.4, -0.2) is 39.2 Å². The molecule has 1 N–H and O–H groups in total. The Labute approximate surface area is 165 Å². The Bertz CT molecular complexity index is 704. The van der Waals surface area contributed by atoms with Crippen molar-refractivity contribution in [2.24, 2.45) is 0 Å². The number of rotatable bonds is 10. The molecule has 0 spiro atoms. The van der Waals surface area contributed by atoms with Gasteiger partial charge in [0.05, 0.1) is 7.11 Å². The van der Waals surface area contributed by atoms with Crippen molar-refractivity contribution in [3.63, 3.8) is 0 Å². The van der Waals surface area contributed by atoms with E-state index in [-0.39, 0.29) is 0 Å². The summed E-state index contributed by atoms with van der Waals surface area (Å²) in [7, 11) is 5.87. The predicted molar refractivity (Wildman–Crippen MR) is 111 cm³/mol. The van der Waals surface area contributed by atoms with Crippen LogP contribution in [0.4, 0.5) is 0 Å². The van der Waals surface area contributed by atoms with Crippen LogP contribution in [0.3, 0.4) is 0 Å². The third-order valence-electron chi connectivity index (χ3n) is 4.25. The Balaban J connectivity index is 1.98. The largest absolute Gasteiger partial charge is 0.493 e. The Morgan fingerprint density at radius 2 is 1.85 bits per heavy atom. The van der Waals surface area contributed by atoms with Crippen LogP contribution in [0.25, 0.3) is 0 Å². The Kier molecular flexibility index (Phi) is 8.42. The van der Waals surface area contributed by atoms with Crippen molar-refractivity contribution < 1.29 is 9.47 Å². The van der Waals surface area contributed by atoms with E-state index >= 15 is 0 Å². The molecule has 0 aromatic heterocycles. The van der Waals surface area contributed by atoms with Crippen molar-refractivity contribution in [1.82, 2.24) is 10.2 Å². The molecule has 2 rings (SSSR count). The molecule has 0 heterocycles. The number of hydrogen-bond acceptors (Lipinski definition) is 4. The normalized spacial score (nSPS) is 11.0. The van der Waals surface area contributed by atoms with Crippen LogP contribution in [0.2, 0.25) is 0 Å². The van der Waals surface area contributed by atoms with Gasteiger partial charge in [0.25, 0.3) is 0 Å². The van der Waals surface area contributed by atoms with Crippen molar-refractivity contribution in [3.05, 3.63) is 57.6 Å². The fourth-order valence-electron chi connectivity index (χ4n) is 2.66. The molecule has 26 heavy (non-hydrogen) atoms. The summed E-state index contributed by atoms with van der Waals surface area (Å²) >= 11 is 3.66. The van der Waals surface area contributed by atoms with Crippen molar-refractivity contribution >= 4 is 15.9 Å². The second-order valence-corrected chi connectivity index (χ2v) is 7.50. The summed E-state index contributed by atoms with van der Waals surface area (Å²) in [5, 5.41) is 3.48. The summed E-state index contributed by atoms with van der Waals surface area (Å²) < 4.78 is 12.6. The van der Waals surface area contributed by atoms with Gasteiger partial charge in [-0.25, -0.2) is 0 Å². The quantitative estimate of drug-likeness (QED) is 0.577. The molecule has 0 atom stereocenters. The van der Waals surface area contributed by atoms with Crippen molar-refractivity contribution in [1.29, 1.82) is 0 Å². The summed E-state index contributed by atoms with van der Waals surface area (Å²) in [5.74, 6) is 1.51. The average molecular weight is 421 g/mol. The van der Waals surface area contributed by atoms with Crippen LogP contribution in [0.1, 0.15) is 23.1 Å². The zero-order valence-electron chi connectivity index (χ0n) is 16.1. The van der Waals surface area contributed by atoms with Gasteiger partial charge in [-0.05, 0) is 69.4 Å². The number of ether oxygens (including phenoxy) is 2. The Morgan fingerprint density at radius 3 is 2.54 bits per heavy atom. The van der Waals surface area contributed by atoms with Gasteiger partial charge >= 0.3 is 0 Å². The first kappa shape index (κ1) is 20.7. The number of hydrogen-bond donors (Lipinski definition) is 1. The van der Waals surface area contributed by atoms with Gasteiger partial charge in [0.2, 0.25) is 0 Å². The lowest BCUT2D eigenvalue weighted by Crippen LogP contribution is -2.21. The minimum Gasteiger partial charge on any atom is -0.493 e. The van der Waals surface area contributed by atoms with Crippen LogP contribution in [0.15, 0.2) is 40.9 Å². The first-order valence-electron chi connectivity index (χ1n) is 8.90. The molecule has 0 bridgehead atoms. The lowest BCUT2D eigenvalue weighted by atomic mass is 10.1. The average Bonchev–Trinajstić information content (AvgIpc) is 2.61. The molecule has 5 heteroatoms. The van der Waals surface area contributed by atoms with E-state index in [1.807, 2.05) is 24.3 Å². The zero-order valence-corrected chi connectivity index (χ0v) is 17.7. The summed E-state index contributed by atoms with van der Waals surface area (Å²) in [6.45, 7) is 5.48. The Morgan fingerprint density at radius 1 is 1.08 bits per heavy atom. The molecular formula is C21H29BrN2O2. The molecule has 4 nitrogen and oxygen atoms in total. The monoisotopic (exact) mass is 420 g/mol. The van der Waals surface area contributed by atoms with Gasteiger partial charge in [-0.3, -0.25) is 0 Å².